The SMILES string of the molecule is CN1CCN(n2c3c(c(SCc4cccc5ccccc45)nc2=O)CCC3)CC1. The minimum atomic E-state index is -0.115. The number of rotatable bonds is 4. The summed E-state index contributed by atoms with van der Waals surface area (Å²) in [5.41, 5.74) is 3.66. The van der Waals surface area contributed by atoms with Gasteiger partial charge in [0.25, 0.3) is 0 Å². The van der Waals surface area contributed by atoms with Gasteiger partial charge in [0.15, 0.2) is 0 Å². The zero-order valence-electron chi connectivity index (χ0n) is 16.8. The first-order valence-corrected chi connectivity index (χ1v) is 11.4. The van der Waals surface area contributed by atoms with Crippen molar-refractivity contribution in [3.8, 4) is 0 Å². The Morgan fingerprint density at radius 3 is 2.66 bits per heavy atom. The van der Waals surface area contributed by atoms with Crippen LogP contribution in [-0.4, -0.2) is 47.8 Å². The van der Waals surface area contributed by atoms with Crippen LogP contribution >= 0.6 is 11.8 Å². The van der Waals surface area contributed by atoms with Crippen LogP contribution in [-0.2, 0) is 18.6 Å². The van der Waals surface area contributed by atoms with Crippen molar-refractivity contribution in [2.45, 2.75) is 30.0 Å². The average molecular weight is 407 g/mol. The Hall–Kier alpha value is -2.31. The third-order valence-corrected chi connectivity index (χ3v) is 7.15. The number of benzene rings is 2. The maximum atomic E-state index is 13.0. The number of hydrogen-bond donors (Lipinski definition) is 0. The lowest BCUT2D eigenvalue weighted by Crippen LogP contribution is -2.54. The van der Waals surface area contributed by atoms with Gasteiger partial charge in [0.1, 0.15) is 5.03 Å². The summed E-state index contributed by atoms with van der Waals surface area (Å²) in [5.74, 6) is 0.832. The van der Waals surface area contributed by atoms with Crippen LogP contribution in [0.15, 0.2) is 52.3 Å². The predicted molar refractivity (Wildman–Crippen MR) is 119 cm³/mol. The fourth-order valence-electron chi connectivity index (χ4n) is 4.48. The van der Waals surface area contributed by atoms with E-state index in [0.29, 0.717) is 0 Å². The molecule has 5 nitrogen and oxygen atoms in total. The number of fused-ring (bicyclic) bond motifs is 2. The number of hydrogen-bond acceptors (Lipinski definition) is 5. The van der Waals surface area contributed by atoms with E-state index in [4.69, 9.17) is 0 Å². The normalized spacial score (nSPS) is 17.1. The monoisotopic (exact) mass is 406 g/mol. The van der Waals surface area contributed by atoms with Crippen LogP contribution < -0.4 is 10.7 Å². The fraction of sp³-hybridized carbons (Fsp3) is 0.391. The van der Waals surface area contributed by atoms with Crippen LogP contribution in [0.4, 0.5) is 0 Å². The first-order chi connectivity index (χ1) is 14.2. The van der Waals surface area contributed by atoms with E-state index in [2.05, 4.69) is 64.4 Å². The Morgan fingerprint density at radius 2 is 1.79 bits per heavy atom. The molecule has 1 fully saturated rings. The van der Waals surface area contributed by atoms with Gasteiger partial charge in [-0.25, -0.2) is 9.47 Å². The highest BCUT2D eigenvalue weighted by atomic mass is 32.2. The summed E-state index contributed by atoms with van der Waals surface area (Å²) in [6.45, 7) is 3.73. The molecule has 0 spiro atoms. The minimum Gasteiger partial charge on any atom is -0.306 e. The van der Waals surface area contributed by atoms with Gasteiger partial charge in [0.05, 0.1) is 5.69 Å². The van der Waals surface area contributed by atoms with Crippen molar-refractivity contribution in [3.63, 3.8) is 0 Å². The van der Waals surface area contributed by atoms with Crippen LogP contribution in [0.5, 0.6) is 0 Å². The van der Waals surface area contributed by atoms with Gasteiger partial charge < -0.3 is 9.91 Å². The van der Waals surface area contributed by atoms with E-state index in [-0.39, 0.29) is 5.69 Å². The lowest BCUT2D eigenvalue weighted by atomic mass is 10.1. The molecule has 5 rings (SSSR count). The third-order valence-electron chi connectivity index (χ3n) is 6.09. The molecule has 0 amide bonds. The van der Waals surface area contributed by atoms with Crippen LogP contribution in [0.25, 0.3) is 10.8 Å². The van der Waals surface area contributed by atoms with Gasteiger partial charge in [-0.05, 0) is 42.6 Å². The van der Waals surface area contributed by atoms with Gasteiger partial charge in [0.2, 0.25) is 0 Å². The van der Waals surface area contributed by atoms with Crippen LogP contribution in [0.2, 0.25) is 0 Å². The maximum absolute atomic E-state index is 13.0. The van der Waals surface area contributed by atoms with Crippen LogP contribution in [0.1, 0.15) is 23.2 Å². The molecule has 0 bridgehead atoms. The second-order valence-corrected chi connectivity index (χ2v) is 8.94. The molecule has 29 heavy (non-hydrogen) atoms. The highest BCUT2D eigenvalue weighted by molar-refractivity contribution is 7.98. The van der Waals surface area contributed by atoms with Crippen LogP contribution in [0.3, 0.4) is 0 Å². The Bertz CT molecular complexity index is 1100. The van der Waals surface area contributed by atoms with Gasteiger partial charge in [-0.1, -0.05) is 42.5 Å². The lowest BCUT2D eigenvalue weighted by Gasteiger charge is -2.35. The van der Waals surface area contributed by atoms with Crippen molar-refractivity contribution in [2.75, 3.05) is 38.2 Å². The molecule has 0 atom stereocenters. The minimum absolute atomic E-state index is 0.115. The molecular weight excluding hydrogens is 380 g/mol. The van der Waals surface area contributed by atoms with Gasteiger partial charge in [0, 0.05) is 37.5 Å². The predicted octanol–water partition coefficient (Wildman–Crippen LogP) is 3.06. The first kappa shape index (κ1) is 18.7. The summed E-state index contributed by atoms with van der Waals surface area (Å²) in [6, 6.07) is 14.9. The van der Waals surface area contributed by atoms with Gasteiger partial charge >= 0.3 is 5.69 Å². The molecule has 3 aromatic rings. The topological polar surface area (TPSA) is 41.4 Å². The standard InChI is InChI=1S/C23H26N4OS/c1-25-12-14-26(15-13-25)27-21-11-5-10-20(21)22(24-23(27)28)29-16-18-8-4-7-17-6-2-3-9-19(17)18/h2-4,6-9H,5,10-16H2,1H3. The summed E-state index contributed by atoms with van der Waals surface area (Å²) in [5, 5.41) is 5.67. The van der Waals surface area contributed by atoms with E-state index in [1.54, 1.807) is 11.8 Å². The number of likely N-dealkylation sites (N-methyl/N-ethyl adjacent to an activating group) is 1. The molecule has 6 heteroatoms. The fourth-order valence-corrected chi connectivity index (χ4v) is 5.56. The molecular formula is C23H26N4OS. The molecule has 2 aliphatic rings. The smallest absolute Gasteiger partial charge is 0.306 e. The average Bonchev–Trinajstić information content (AvgIpc) is 3.23. The van der Waals surface area contributed by atoms with Crippen molar-refractivity contribution in [1.29, 1.82) is 0 Å². The Balaban J connectivity index is 1.45. The van der Waals surface area contributed by atoms with E-state index in [1.807, 2.05) is 4.68 Å². The number of thioether (sulfide) groups is 1. The molecule has 1 saturated heterocycles. The van der Waals surface area contributed by atoms with Crippen molar-refractivity contribution in [3.05, 3.63) is 69.8 Å². The van der Waals surface area contributed by atoms with E-state index < -0.39 is 0 Å². The summed E-state index contributed by atoms with van der Waals surface area (Å²) in [6.07, 6.45) is 3.10. The molecule has 150 valence electrons. The molecule has 0 N–H and O–H groups in total. The maximum Gasteiger partial charge on any atom is 0.367 e. The second-order valence-electron chi connectivity index (χ2n) is 7.97. The second kappa shape index (κ2) is 7.84. The van der Waals surface area contributed by atoms with Gasteiger partial charge in [-0.2, -0.15) is 4.98 Å². The van der Waals surface area contributed by atoms with Crippen molar-refractivity contribution >= 4 is 22.5 Å². The summed E-state index contributed by atoms with van der Waals surface area (Å²) in [7, 11) is 2.13. The van der Waals surface area contributed by atoms with Crippen LogP contribution in [0, 0.1) is 0 Å². The van der Waals surface area contributed by atoms with Crippen molar-refractivity contribution in [2.24, 2.45) is 0 Å². The van der Waals surface area contributed by atoms with E-state index in [1.165, 1.54) is 27.6 Å². The number of nitrogens with zero attached hydrogens (tertiary/aromatic N) is 4. The van der Waals surface area contributed by atoms with Crippen molar-refractivity contribution < 1.29 is 0 Å². The highest BCUT2D eigenvalue weighted by Gasteiger charge is 2.26. The molecule has 2 aromatic carbocycles. The Kier molecular flexibility index (Phi) is 5.06. The van der Waals surface area contributed by atoms with Crippen molar-refractivity contribution in [1.82, 2.24) is 14.6 Å². The molecule has 2 heterocycles. The largest absolute Gasteiger partial charge is 0.367 e. The highest BCUT2D eigenvalue weighted by Crippen LogP contribution is 2.32. The lowest BCUT2D eigenvalue weighted by molar-refractivity contribution is 0.282. The van der Waals surface area contributed by atoms with E-state index >= 15 is 0 Å². The quantitative estimate of drug-likeness (QED) is 0.492. The Morgan fingerprint density at radius 1 is 1.00 bits per heavy atom. The number of aromatic nitrogens is 2. The zero-order chi connectivity index (χ0) is 19.8. The molecule has 1 aromatic heterocycles. The zero-order valence-corrected chi connectivity index (χ0v) is 17.6. The van der Waals surface area contributed by atoms with Gasteiger partial charge in [-0.15, -0.1) is 11.8 Å². The van der Waals surface area contributed by atoms with E-state index in [0.717, 1.165) is 56.2 Å². The summed E-state index contributed by atoms with van der Waals surface area (Å²) < 4.78 is 1.89. The molecule has 1 aliphatic heterocycles. The molecule has 0 saturated carbocycles. The number of piperazine rings is 1. The Labute approximate surface area is 175 Å². The molecule has 0 radical (unpaired) electrons. The van der Waals surface area contributed by atoms with Gasteiger partial charge in [-0.3, -0.25) is 0 Å². The third kappa shape index (κ3) is 3.55. The summed E-state index contributed by atoms with van der Waals surface area (Å²) in [4.78, 5) is 19.8. The summed E-state index contributed by atoms with van der Waals surface area (Å²) >= 11 is 1.71. The first-order valence-electron chi connectivity index (χ1n) is 10.4. The molecule has 1 aliphatic carbocycles. The van der Waals surface area contributed by atoms with E-state index in [9.17, 15) is 4.79 Å². The molecule has 0 unspecified atom stereocenters.